The highest BCUT2D eigenvalue weighted by Crippen LogP contribution is 2.23. The molecule has 0 unspecified atom stereocenters. The fraction of sp³-hybridized carbons (Fsp3) is 0.786. The third-order valence-corrected chi connectivity index (χ3v) is 4.24. The molecule has 102 valence electrons. The molecule has 0 aromatic carbocycles. The lowest BCUT2D eigenvalue weighted by Gasteiger charge is -2.34. The summed E-state index contributed by atoms with van der Waals surface area (Å²) in [5.74, 6) is 0. The number of nitrogens with zero attached hydrogens (tertiary/aromatic N) is 3. The summed E-state index contributed by atoms with van der Waals surface area (Å²) in [4.78, 5) is 2.49. The van der Waals surface area contributed by atoms with Gasteiger partial charge in [0.2, 0.25) is 0 Å². The number of nitrogens with one attached hydrogen (secondary N) is 1. The largest absolute Gasteiger partial charge is 0.317 e. The summed E-state index contributed by atoms with van der Waals surface area (Å²) in [5.41, 5.74) is 2.42. The molecule has 4 nitrogen and oxygen atoms in total. The number of hydrogen-bond acceptors (Lipinski definition) is 3. The molecule has 2 rings (SSSR count). The van der Waals surface area contributed by atoms with Crippen molar-refractivity contribution < 1.29 is 0 Å². The van der Waals surface area contributed by atoms with Crippen LogP contribution in [-0.2, 0) is 13.6 Å². The maximum atomic E-state index is 4.41. The first kappa shape index (κ1) is 13.6. The van der Waals surface area contributed by atoms with Crippen LogP contribution in [0, 0.1) is 6.92 Å². The van der Waals surface area contributed by atoms with Crippen LogP contribution in [0.2, 0.25) is 0 Å². The summed E-state index contributed by atoms with van der Waals surface area (Å²) in [6, 6.07) is 3.65. The highest BCUT2D eigenvalue weighted by atomic mass is 15.3. The molecule has 1 aliphatic rings. The van der Waals surface area contributed by atoms with Gasteiger partial charge in [0.15, 0.2) is 0 Å². The minimum atomic E-state index is 0.727. The van der Waals surface area contributed by atoms with E-state index in [1.54, 1.807) is 0 Å². The molecule has 0 aliphatic heterocycles. The fourth-order valence-corrected chi connectivity index (χ4v) is 3.00. The van der Waals surface area contributed by atoms with Gasteiger partial charge in [-0.2, -0.15) is 5.10 Å². The molecule has 0 radical (unpaired) electrons. The molecule has 1 saturated carbocycles. The van der Waals surface area contributed by atoms with Gasteiger partial charge in [-0.25, -0.2) is 0 Å². The maximum Gasteiger partial charge on any atom is 0.0597 e. The first-order valence-electron chi connectivity index (χ1n) is 6.97. The Morgan fingerprint density at radius 1 is 1.39 bits per heavy atom. The van der Waals surface area contributed by atoms with E-state index >= 15 is 0 Å². The second-order valence-corrected chi connectivity index (χ2v) is 5.61. The van der Waals surface area contributed by atoms with Gasteiger partial charge in [-0.05, 0) is 52.8 Å². The monoisotopic (exact) mass is 250 g/mol. The van der Waals surface area contributed by atoms with Crippen molar-refractivity contribution in [3.8, 4) is 0 Å². The van der Waals surface area contributed by atoms with Crippen molar-refractivity contribution in [3.63, 3.8) is 0 Å². The lowest BCUT2D eigenvalue weighted by atomic mass is 9.90. The predicted molar refractivity (Wildman–Crippen MR) is 74.5 cm³/mol. The Bertz CT molecular complexity index is 377. The summed E-state index contributed by atoms with van der Waals surface area (Å²) in [5, 5.41) is 7.81. The molecule has 0 saturated heterocycles. The molecule has 1 aromatic heterocycles. The maximum absolute atomic E-state index is 4.41. The molecular formula is C14H26N4. The number of aromatic nitrogens is 2. The van der Waals surface area contributed by atoms with Crippen molar-refractivity contribution in [2.24, 2.45) is 7.05 Å². The summed E-state index contributed by atoms with van der Waals surface area (Å²) in [7, 11) is 6.36. The molecule has 1 aliphatic carbocycles. The van der Waals surface area contributed by atoms with Crippen LogP contribution >= 0.6 is 0 Å². The van der Waals surface area contributed by atoms with E-state index in [1.165, 1.54) is 31.4 Å². The van der Waals surface area contributed by atoms with Crippen LogP contribution in [0.1, 0.15) is 37.1 Å². The van der Waals surface area contributed by atoms with Gasteiger partial charge < -0.3 is 5.32 Å². The third kappa shape index (κ3) is 3.12. The first-order chi connectivity index (χ1) is 8.60. The Labute approximate surface area is 110 Å². The molecule has 1 fully saturated rings. The first-order valence-corrected chi connectivity index (χ1v) is 6.97. The van der Waals surface area contributed by atoms with E-state index in [-0.39, 0.29) is 0 Å². The topological polar surface area (TPSA) is 33.1 Å². The van der Waals surface area contributed by atoms with E-state index in [1.807, 2.05) is 11.7 Å². The van der Waals surface area contributed by atoms with E-state index in [2.05, 4.69) is 42.4 Å². The Kier molecular flexibility index (Phi) is 4.40. The second-order valence-electron chi connectivity index (χ2n) is 5.61. The summed E-state index contributed by atoms with van der Waals surface area (Å²) < 4.78 is 2.01. The van der Waals surface area contributed by atoms with Crippen molar-refractivity contribution >= 4 is 0 Å². The van der Waals surface area contributed by atoms with Gasteiger partial charge in [0.05, 0.1) is 11.4 Å². The van der Waals surface area contributed by atoms with Crippen LogP contribution in [-0.4, -0.2) is 40.9 Å². The van der Waals surface area contributed by atoms with Gasteiger partial charge in [0, 0.05) is 25.7 Å². The molecule has 0 atom stereocenters. The van der Waals surface area contributed by atoms with Crippen LogP contribution in [0.25, 0.3) is 0 Å². The highest BCUT2D eigenvalue weighted by Gasteiger charge is 2.23. The number of aryl methyl sites for hydroxylation is 2. The fourth-order valence-electron chi connectivity index (χ4n) is 3.00. The summed E-state index contributed by atoms with van der Waals surface area (Å²) >= 11 is 0. The Morgan fingerprint density at radius 2 is 2.06 bits per heavy atom. The van der Waals surface area contributed by atoms with E-state index in [0.29, 0.717) is 0 Å². The second kappa shape index (κ2) is 5.85. The molecule has 1 heterocycles. The average Bonchev–Trinajstić information content (AvgIpc) is 2.68. The smallest absolute Gasteiger partial charge is 0.0597 e. The molecule has 1 aromatic rings. The normalized spacial score (nSPS) is 24.7. The van der Waals surface area contributed by atoms with E-state index in [4.69, 9.17) is 0 Å². The molecule has 18 heavy (non-hydrogen) atoms. The lowest BCUT2D eigenvalue weighted by Crippen LogP contribution is -2.39. The molecular weight excluding hydrogens is 224 g/mol. The Hall–Kier alpha value is -0.870. The van der Waals surface area contributed by atoms with Gasteiger partial charge >= 0.3 is 0 Å². The SMILES string of the molecule is CNC1CCC(N(C)Cc2cc(C)nn2C)CC1. The van der Waals surface area contributed by atoms with Crippen molar-refractivity contribution in [2.45, 2.75) is 51.2 Å². The summed E-state index contributed by atoms with van der Waals surface area (Å²) in [6.07, 6.45) is 5.21. The number of rotatable bonds is 4. The van der Waals surface area contributed by atoms with E-state index in [0.717, 1.165) is 24.3 Å². The van der Waals surface area contributed by atoms with Crippen LogP contribution in [0.15, 0.2) is 6.07 Å². The molecule has 1 N–H and O–H groups in total. The third-order valence-electron chi connectivity index (χ3n) is 4.24. The van der Waals surface area contributed by atoms with E-state index < -0.39 is 0 Å². The zero-order valence-electron chi connectivity index (χ0n) is 12.1. The van der Waals surface area contributed by atoms with Crippen LogP contribution in [0.5, 0.6) is 0 Å². The van der Waals surface area contributed by atoms with E-state index in [9.17, 15) is 0 Å². The predicted octanol–water partition coefficient (Wildman–Crippen LogP) is 1.69. The standard InChI is InChI=1S/C14H26N4/c1-11-9-14(18(4)16-11)10-17(3)13-7-5-12(15-2)6-8-13/h9,12-13,15H,5-8,10H2,1-4H3. The number of hydrogen-bond donors (Lipinski definition) is 1. The van der Waals surface area contributed by atoms with Gasteiger partial charge in [-0.3, -0.25) is 9.58 Å². The Morgan fingerprint density at radius 3 is 2.56 bits per heavy atom. The lowest BCUT2D eigenvalue weighted by molar-refractivity contribution is 0.166. The van der Waals surface area contributed by atoms with Gasteiger partial charge in [-0.1, -0.05) is 0 Å². The Balaban J connectivity index is 1.89. The van der Waals surface area contributed by atoms with Gasteiger partial charge in [-0.15, -0.1) is 0 Å². The zero-order chi connectivity index (χ0) is 13.1. The average molecular weight is 250 g/mol. The molecule has 0 bridgehead atoms. The van der Waals surface area contributed by atoms with Crippen LogP contribution in [0.3, 0.4) is 0 Å². The van der Waals surface area contributed by atoms with Crippen molar-refractivity contribution in [1.82, 2.24) is 20.0 Å². The minimum absolute atomic E-state index is 0.727. The van der Waals surface area contributed by atoms with Gasteiger partial charge in [0.25, 0.3) is 0 Å². The molecule has 4 heteroatoms. The van der Waals surface area contributed by atoms with Crippen LogP contribution in [0.4, 0.5) is 0 Å². The van der Waals surface area contributed by atoms with Crippen molar-refractivity contribution in [2.75, 3.05) is 14.1 Å². The molecule has 0 spiro atoms. The van der Waals surface area contributed by atoms with Crippen molar-refractivity contribution in [3.05, 3.63) is 17.5 Å². The summed E-state index contributed by atoms with van der Waals surface area (Å²) in [6.45, 7) is 3.06. The highest BCUT2D eigenvalue weighted by molar-refractivity contribution is 5.08. The van der Waals surface area contributed by atoms with Crippen LogP contribution < -0.4 is 5.32 Å². The zero-order valence-corrected chi connectivity index (χ0v) is 12.1. The van der Waals surface area contributed by atoms with Gasteiger partial charge in [0.1, 0.15) is 0 Å². The quantitative estimate of drug-likeness (QED) is 0.883. The minimum Gasteiger partial charge on any atom is -0.317 e. The molecule has 0 amide bonds. The van der Waals surface area contributed by atoms with Crippen molar-refractivity contribution in [1.29, 1.82) is 0 Å².